The van der Waals surface area contributed by atoms with Crippen molar-refractivity contribution in [2.75, 3.05) is 18.9 Å². The molecule has 3 aromatic carbocycles. The van der Waals surface area contributed by atoms with Gasteiger partial charge in [-0.05, 0) is 54.1 Å². The Morgan fingerprint density at radius 3 is 2.40 bits per heavy atom. The Labute approximate surface area is 181 Å². The summed E-state index contributed by atoms with van der Waals surface area (Å²) in [7, 11) is -0.689. The summed E-state index contributed by atoms with van der Waals surface area (Å²) < 4.78 is 33.1. The third-order valence-corrected chi connectivity index (χ3v) is 6.19. The standard InChI is InChI=1S/C22H21ClN2O4S/c1-25(15-17-6-3-4-9-21(17)23)22(26)16-7-5-8-20(14-16)30(27,28)24-18-10-12-19(29-2)13-11-18/h3-14,24H,15H2,1-2H3. The van der Waals surface area contributed by atoms with Gasteiger partial charge in [-0.3, -0.25) is 9.52 Å². The Bertz CT molecular complexity index is 1150. The highest BCUT2D eigenvalue weighted by Gasteiger charge is 2.19. The molecule has 0 radical (unpaired) electrons. The van der Waals surface area contributed by atoms with Crippen LogP contribution in [-0.2, 0) is 16.6 Å². The highest BCUT2D eigenvalue weighted by molar-refractivity contribution is 7.92. The molecule has 0 aliphatic heterocycles. The van der Waals surface area contributed by atoms with E-state index in [1.807, 2.05) is 18.2 Å². The van der Waals surface area contributed by atoms with Crippen LogP contribution in [0.15, 0.2) is 77.7 Å². The molecule has 0 fully saturated rings. The number of carbonyl (C=O) groups is 1. The van der Waals surface area contributed by atoms with E-state index in [-0.39, 0.29) is 16.4 Å². The van der Waals surface area contributed by atoms with Crippen molar-refractivity contribution in [3.05, 3.63) is 88.9 Å². The molecule has 0 aromatic heterocycles. The fourth-order valence-electron chi connectivity index (χ4n) is 2.84. The van der Waals surface area contributed by atoms with Crippen molar-refractivity contribution in [3.8, 4) is 5.75 Å². The molecule has 1 N–H and O–H groups in total. The second kappa shape index (κ2) is 9.19. The molecule has 8 heteroatoms. The number of ether oxygens (including phenoxy) is 1. The van der Waals surface area contributed by atoms with Crippen LogP contribution in [0.1, 0.15) is 15.9 Å². The molecule has 0 saturated carbocycles. The highest BCUT2D eigenvalue weighted by Crippen LogP contribution is 2.21. The maximum atomic E-state index is 12.8. The first-order valence-corrected chi connectivity index (χ1v) is 10.9. The SMILES string of the molecule is COc1ccc(NS(=O)(=O)c2cccc(C(=O)N(C)Cc3ccccc3Cl)c2)cc1. The molecule has 3 rings (SSSR count). The number of methoxy groups -OCH3 is 1. The number of hydrogen-bond acceptors (Lipinski definition) is 4. The number of benzene rings is 3. The Kier molecular flexibility index (Phi) is 6.64. The zero-order chi connectivity index (χ0) is 21.7. The summed E-state index contributed by atoms with van der Waals surface area (Å²) in [5.74, 6) is 0.309. The summed E-state index contributed by atoms with van der Waals surface area (Å²) in [6, 6.07) is 19.7. The molecule has 0 aliphatic rings. The van der Waals surface area contributed by atoms with Gasteiger partial charge in [-0.25, -0.2) is 8.42 Å². The lowest BCUT2D eigenvalue weighted by Gasteiger charge is -2.18. The Hall–Kier alpha value is -3.03. The van der Waals surface area contributed by atoms with Gasteiger partial charge in [0.25, 0.3) is 15.9 Å². The van der Waals surface area contributed by atoms with E-state index < -0.39 is 10.0 Å². The molecule has 1 amide bonds. The van der Waals surface area contributed by atoms with E-state index in [0.29, 0.717) is 23.0 Å². The molecular formula is C22H21ClN2O4S. The van der Waals surface area contributed by atoms with E-state index in [2.05, 4.69) is 4.72 Å². The van der Waals surface area contributed by atoms with Gasteiger partial charge in [0.05, 0.1) is 12.0 Å². The molecule has 0 aliphatic carbocycles. The molecule has 0 spiro atoms. The van der Waals surface area contributed by atoms with Crippen molar-refractivity contribution in [2.45, 2.75) is 11.4 Å². The van der Waals surface area contributed by atoms with Crippen LogP contribution in [0.4, 0.5) is 5.69 Å². The Balaban J connectivity index is 1.78. The first-order chi connectivity index (χ1) is 14.3. The third kappa shape index (κ3) is 5.11. The van der Waals surface area contributed by atoms with Gasteiger partial charge in [0.1, 0.15) is 5.75 Å². The summed E-state index contributed by atoms with van der Waals surface area (Å²) in [5, 5.41) is 0.567. The Morgan fingerprint density at radius 1 is 1.03 bits per heavy atom. The lowest BCUT2D eigenvalue weighted by Crippen LogP contribution is -2.26. The number of anilines is 1. The van der Waals surface area contributed by atoms with E-state index in [9.17, 15) is 13.2 Å². The average Bonchev–Trinajstić information content (AvgIpc) is 2.75. The molecule has 156 valence electrons. The molecule has 3 aromatic rings. The minimum absolute atomic E-state index is 0.00434. The molecular weight excluding hydrogens is 424 g/mol. The number of rotatable bonds is 7. The van der Waals surface area contributed by atoms with Gasteiger partial charge in [-0.1, -0.05) is 35.9 Å². The fourth-order valence-corrected chi connectivity index (χ4v) is 4.14. The van der Waals surface area contributed by atoms with Crippen molar-refractivity contribution in [1.29, 1.82) is 0 Å². The van der Waals surface area contributed by atoms with Gasteiger partial charge < -0.3 is 9.64 Å². The minimum atomic E-state index is -3.86. The van der Waals surface area contributed by atoms with Gasteiger partial charge in [-0.2, -0.15) is 0 Å². The number of halogens is 1. The summed E-state index contributed by atoms with van der Waals surface area (Å²) in [6.45, 7) is 0.305. The van der Waals surface area contributed by atoms with E-state index in [1.54, 1.807) is 49.5 Å². The van der Waals surface area contributed by atoms with Crippen LogP contribution in [0, 0.1) is 0 Å². The summed E-state index contributed by atoms with van der Waals surface area (Å²) in [6.07, 6.45) is 0. The van der Waals surface area contributed by atoms with Gasteiger partial charge in [0.2, 0.25) is 0 Å². The maximum absolute atomic E-state index is 12.8. The van der Waals surface area contributed by atoms with Crippen molar-refractivity contribution in [1.82, 2.24) is 4.90 Å². The first kappa shape index (κ1) is 21.7. The highest BCUT2D eigenvalue weighted by atomic mass is 35.5. The predicted octanol–water partition coefficient (Wildman–Crippen LogP) is 4.42. The summed E-state index contributed by atoms with van der Waals surface area (Å²) in [5.41, 5.74) is 1.46. The van der Waals surface area contributed by atoms with E-state index in [0.717, 1.165) is 5.56 Å². The largest absolute Gasteiger partial charge is 0.497 e. The van der Waals surface area contributed by atoms with Crippen LogP contribution in [-0.4, -0.2) is 33.4 Å². The topological polar surface area (TPSA) is 75.7 Å². The maximum Gasteiger partial charge on any atom is 0.261 e. The summed E-state index contributed by atoms with van der Waals surface area (Å²) >= 11 is 6.17. The number of nitrogens with one attached hydrogen (secondary N) is 1. The molecule has 0 bridgehead atoms. The van der Waals surface area contributed by atoms with Crippen molar-refractivity contribution >= 4 is 33.2 Å². The van der Waals surface area contributed by atoms with Gasteiger partial charge in [-0.15, -0.1) is 0 Å². The quantitative estimate of drug-likeness (QED) is 0.585. The number of hydrogen-bond donors (Lipinski definition) is 1. The lowest BCUT2D eigenvalue weighted by atomic mass is 10.1. The van der Waals surface area contributed by atoms with Crippen molar-refractivity contribution in [2.24, 2.45) is 0 Å². The fraction of sp³-hybridized carbons (Fsp3) is 0.136. The number of nitrogens with zero attached hydrogens (tertiary/aromatic N) is 1. The van der Waals surface area contributed by atoms with Crippen LogP contribution in [0.5, 0.6) is 5.75 Å². The number of carbonyl (C=O) groups excluding carboxylic acids is 1. The molecule has 0 unspecified atom stereocenters. The van der Waals surface area contributed by atoms with E-state index in [1.165, 1.54) is 24.1 Å². The molecule has 0 atom stereocenters. The van der Waals surface area contributed by atoms with Gasteiger partial charge in [0.15, 0.2) is 0 Å². The molecule has 30 heavy (non-hydrogen) atoms. The van der Waals surface area contributed by atoms with E-state index in [4.69, 9.17) is 16.3 Å². The first-order valence-electron chi connectivity index (χ1n) is 9.06. The normalized spacial score (nSPS) is 11.0. The van der Waals surface area contributed by atoms with Crippen LogP contribution < -0.4 is 9.46 Å². The lowest BCUT2D eigenvalue weighted by molar-refractivity contribution is 0.0785. The molecule has 0 saturated heterocycles. The smallest absolute Gasteiger partial charge is 0.261 e. The van der Waals surface area contributed by atoms with Gasteiger partial charge in [0, 0.05) is 29.9 Å². The van der Waals surface area contributed by atoms with Crippen LogP contribution >= 0.6 is 11.6 Å². The van der Waals surface area contributed by atoms with Gasteiger partial charge >= 0.3 is 0 Å². The number of sulfonamides is 1. The van der Waals surface area contributed by atoms with Crippen molar-refractivity contribution < 1.29 is 17.9 Å². The van der Waals surface area contributed by atoms with E-state index >= 15 is 0 Å². The second-order valence-corrected chi connectivity index (χ2v) is 8.70. The van der Waals surface area contributed by atoms with Crippen LogP contribution in [0.25, 0.3) is 0 Å². The van der Waals surface area contributed by atoms with Crippen LogP contribution in [0.2, 0.25) is 5.02 Å². The monoisotopic (exact) mass is 444 g/mol. The predicted molar refractivity (Wildman–Crippen MR) is 117 cm³/mol. The van der Waals surface area contributed by atoms with Crippen molar-refractivity contribution in [3.63, 3.8) is 0 Å². The molecule has 0 heterocycles. The zero-order valence-corrected chi connectivity index (χ0v) is 18.1. The van der Waals surface area contributed by atoms with Crippen LogP contribution in [0.3, 0.4) is 0 Å². The zero-order valence-electron chi connectivity index (χ0n) is 16.5. The third-order valence-electron chi connectivity index (χ3n) is 4.45. The average molecular weight is 445 g/mol. The Morgan fingerprint density at radius 2 is 1.73 bits per heavy atom. The number of amides is 1. The summed E-state index contributed by atoms with van der Waals surface area (Å²) in [4.78, 5) is 14.3. The second-order valence-electron chi connectivity index (χ2n) is 6.61. The molecule has 6 nitrogen and oxygen atoms in total. The minimum Gasteiger partial charge on any atom is -0.497 e.